The van der Waals surface area contributed by atoms with Crippen LogP contribution < -0.4 is 10.1 Å². The highest BCUT2D eigenvalue weighted by atomic mass is 16.5. The van der Waals surface area contributed by atoms with Gasteiger partial charge in [0.25, 0.3) is 0 Å². The summed E-state index contributed by atoms with van der Waals surface area (Å²) in [7, 11) is 2.06. The van der Waals surface area contributed by atoms with Gasteiger partial charge in [0.2, 0.25) is 0 Å². The van der Waals surface area contributed by atoms with Crippen LogP contribution in [0.4, 0.5) is 5.69 Å². The Balaban J connectivity index is 2.08. The van der Waals surface area contributed by atoms with Crippen LogP contribution in [0.5, 0.6) is 5.75 Å². The Bertz CT molecular complexity index is 531. The number of nitrogens with one attached hydrogen (secondary N) is 1. The smallest absolute Gasteiger partial charge is 0.142 e. The van der Waals surface area contributed by atoms with Crippen LogP contribution in [0.2, 0.25) is 0 Å². The lowest BCUT2D eigenvalue weighted by atomic mass is 10.2. The third-order valence-corrected chi connectivity index (χ3v) is 3.11. The number of aryl methyl sites for hydroxylation is 2. The van der Waals surface area contributed by atoms with Crippen molar-refractivity contribution in [3.8, 4) is 5.75 Å². The first kappa shape index (κ1) is 13.5. The van der Waals surface area contributed by atoms with Crippen LogP contribution in [0.15, 0.2) is 36.5 Å². The molecule has 2 rings (SSSR count). The molecular formula is C16H22N2O. The van der Waals surface area contributed by atoms with Crippen LogP contribution in [-0.2, 0) is 13.6 Å². The molecule has 0 saturated heterocycles. The van der Waals surface area contributed by atoms with E-state index < -0.39 is 0 Å². The second-order valence-corrected chi connectivity index (χ2v) is 4.81. The van der Waals surface area contributed by atoms with Crippen molar-refractivity contribution >= 4 is 5.69 Å². The number of hydrogen-bond acceptors (Lipinski definition) is 2. The van der Waals surface area contributed by atoms with Crippen LogP contribution in [0, 0.1) is 6.92 Å². The van der Waals surface area contributed by atoms with Crippen LogP contribution >= 0.6 is 0 Å². The standard InChI is InChI=1S/C16H22N2O/c1-4-10-19-16-11-13(2)7-8-15(16)17-12-14-6-5-9-18(14)3/h5-9,11,17H,4,10,12H2,1-3H3. The fraction of sp³-hybridized carbons (Fsp3) is 0.375. The number of hydrogen-bond donors (Lipinski definition) is 1. The fourth-order valence-corrected chi connectivity index (χ4v) is 1.97. The molecule has 19 heavy (non-hydrogen) atoms. The van der Waals surface area contributed by atoms with Crippen LogP contribution in [0.25, 0.3) is 0 Å². The summed E-state index contributed by atoms with van der Waals surface area (Å²) in [5.41, 5.74) is 3.53. The fourth-order valence-electron chi connectivity index (χ4n) is 1.97. The molecule has 0 bridgehead atoms. The third-order valence-electron chi connectivity index (χ3n) is 3.11. The van der Waals surface area contributed by atoms with Gasteiger partial charge in [0, 0.05) is 18.9 Å². The average molecular weight is 258 g/mol. The molecule has 0 aliphatic rings. The van der Waals surface area contributed by atoms with Gasteiger partial charge in [-0.15, -0.1) is 0 Å². The van der Waals surface area contributed by atoms with Gasteiger partial charge in [0.15, 0.2) is 0 Å². The lowest BCUT2D eigenvalue weighted by molar-refractivity contribution is 0.318. The van der Waals surface area contributed by atoms with E-state index in [9.17, 15) is 0 Å². The monoisotopic (exact) mass is 258 g/mol. The minimum absolute atomic E-state index is 0.752. The van der Waals surface area contributed by atoms with E-state index in [1.807, 2.05) is 0 Å². The maximum Gasteiger partial charge on any atom is 0.142 e. The van der Waals surface area contributed by atoms with Gasteiger partial charge in [0.05, 0.1) is 18.8 Å². The highest BCUT2D eigenvalue weighted by Crippen LogP contribution is 2.26. The highest BCUT2D eigenvalue weighted by molar-refractivity contribution is 5.57. The maximum atomic E-state index is 5.80. The van der Waals surface area contributed by atoms with Gasteiger partial charge >= 0.3 is 0 Å². The normalized spacial score (nSPS) is 10.5. The van der Waals surface area contributed by atoms with Crippen molar-refractivity contribution in [1.82, 2.24) is 4.57 Å². The van der Waals surface area contributed by atoms with E-state index in [1.54, 1.807) is 0 Å². The number of ether oxygens (including phenoxy) is 1. The molecule has 0 atom stereocenters. The second kappa shape index (κ2) is 6.32. The molecule has 2 aromatic rings. The van der Waals surface area contributed by atoms with Crippen molar-refractivity contribution in [2.45, 2.75) is 26.8 Å². The Hall–Kier alpha value is -1.90. The molecule has 0 aliphatic carbocycles. The average Bonchev–Trinajstić information content (AvgIpc) is 2.81. The molecule has 0 aliphatic heterocycles. The Labute approximate surface area is 115 Å². The molecule has 1 aromatic carbocycles. The van der Waals surface area contributed by atoms with Crippen molar-refractivity contribution in [1.29, 1.82) is 0 Å². The van der Waals surface area contributed by atoms with Gasteiger partial charge < -0.3 is 14.6 Å². The molecule has 0 radical (unpaired) electrons. The summed E-state index contributed by atoms with van der Waals surface area (Å²) < 4.78 is 7.92. The SMILES string of the molecule is CCCOc1cc(C)ccc1NCc1cccn1C. The molecule has 0 unspecified atom stereocenters. The Morgan fingerprint density at radius 1 is 1.26 bits per heavy atom. The number of nitrogens with zero attached hydrogens (tertiary/aromatic N) is 1. The predicted molar refractivity (Wildman–Crippen MR) is 79.7 cm³/mol. The van der Waals surface area contributed by atoms with Gasteiger partial charge in [-0.3, -0.25) is 0 Å². The lowest BCUT2D eigenvalue weighted by Gasteiger charge is -2.14. The van der Waals surface area contributed by atoms with E-state index >= 15 is 0 Å². The molecule has 0 spiro atoms. The summed E-state index contributed by atoms with van der Waals surface area (Å²) in [5, 5.41) is 3.45. The van der Waals surface area contributed by atoms with Crippen LogP contribution in [0.1, 0.15) is 24.6 Å². The molecule has 1 heterocycles. The van der Waals surface area contributed by atoms with Gasteiger partial charge in [-0.25, -0.2) is 0 Å². The van der Waals surface area contributed by atoms with Crippen molar-refractivity contribution in [2.24, 2.45) is 7.05 Å². The highest BCUT2D eigenvalue weighted by Gasteiger charge is 2.05. The topological polar surface area (TPSA) is 26.2 Å². The quantitative estimate of drug-likeness (QED) is 0.854. The van der Waals surface area contributed by atoms with Gasteiger partial charge in [-0.2, -0.15) is 0 Å². The van der Waals surface area contributed by atoms with Gasteiger partial charge in [-0.05, 0) is 43.2 Å². The van der Waals surface area contributed by atoms with E-state index in [4.69, 9.17) is 4.74 Å². The van der Waals surface area contributed by atoms with E-state index in [0.717, 1.165) is 31.0 Å². The van der Waals surface area contributed by atoms with Crippen molar-refractivity contribution in [2.75, 3.05) is 11.9 Å². The molecule has 0 amide bonds. The number of anilines is 1. The lowest BCUT2D eigenvalue weighted by Crippen LogP contribution is -2.06. The largest absolute Gasteiger partial charge is 0.491 e. The molecule has 0 fully saturated rings. The first-order valence-corrected chi connectivity index (χ1v) is 6.78. The van der Waals surface area contributed by atoms with Gasteiger partial charge in [-0.1, -0.05) is 13.0 Å². The summed E-state index contributed by atoms with van der Waals surface area (Å²) in [4.78, 5) is 0. The van der Waals surface area contributed by atoms with Crippen molar-refractivity contribution in [3.05, 3.63) is 47.8 Å². The summed E-state index contributed by atoms with van der Waals surface area (Å²) in [6.07, 6.45) is 3.08. The Morgan fingerprint density at radius 2 is 2.11 bits per heavy atom. The zero-order chi connectivity index (χ0) is 13.7. The molecule has 3 heteroatoms. The van der Waals surface area contributed by atoms with E-state index in [0.29, 0.717) is 0 Å². The molecule has 1 N–H and O–H groups in total. The molecule has 3 nitrogen and oxygen atoms in total. The van der Waals surface area contributed by atoms with Crippen molar-refractivity contribution in [3.63, 3.8) is 0 Å². The molecule has 102 valence electrons. The van der Waals surface area contributed by atoms with Crippen LogP contribution in [0.3, 0.4) is 0 Å². The zero-order valence-corrected chi connectivity index (χ0v) is 11.9. The maximum absolute atomic E-state index is 5.80. The molecular weight excluding hydrogens is 236 g/mol. The first-order valence-electron chi connectivity index (χ1n) is 6.78. The summed E-state index contributed by atoms with van der Waals surface area (Å²) >= 11 is 0. The van der Waals surface area contributed by atoms with E-state index in [-0.39, 0.29) is 0 Å². The van der Waals surface area contributed by atoms with Gasteiger partial charge in [0.1, 0.15) is 5.75 Å². The summed E-state index contributed by atoms with van der Waals surface area (Å²) in [6.45, 7) is 5.75. The van der Waals surface area contributed by atoms with E-state index in [1.165, 1.54) is 11.3 Å². The zero-order valence-electron chi connectivity index (χ0n) is 11.9. The molecule has 0 saturated carbocycles. The number of rotatable bonds is 6. The van der Waals surface area contributed by atoms with E-state index in [2.05, 4.69) is 67.3 Å². The Kier molecular flexibility index (Phi) is 4.50. The number of benzene rings is 1. The Morgan fingerprint density at radius 3 is 2.79 bits per heavy atom. The summed E-state index contributed by atoms with van der Waals surface area (Å²) in [5.74, 6) is 0.941. The second-order valence-electron chi connectivity index (χ2n) is 4.81. The van der Waals surface area contributed by atoms with Crippen molar-refractivity contribution < 1.29 is 4.74 Å². The third kappa shape index (κ3) is 3.53. The molecule has 1 aromatic heterocycles. The number of aromatic nitrogens is 1. The predicted octanol–water partition coefficient (Wildman–Crippen LogP) is 3.73. The summed E-state index contributed by atoms with van der Waals surface area (Å²) in [6, 6.07) is 10.5. The first-order chi connectivity index (χ1) is 9.20. The minimum Gasteiger partial charge on any atom is -0.491 e. The minimum atomic E-state index is 0.752. The van der Waals surface area contributed by atoms with Crippen LogP contribution in [-0.4, -0.2) is 11.2 Å².